The third-order valence-electron chi connectivity index (χ3n) is 2.59. The summed E-state index contributed by atoms with van der Waals surface area (Å²) in [6, 6.07) is 1.51. The third kappa shape index (κ3) is 3.77. The molecule has 0 radical (unpaired) electrons. The monoisotopic (exact) mass is 277 g/mol. The first-order valence-corrected chi connectivity index (χ1v) is 8.11. The van der Waals surface area contributed by atoms with Gasteiger partial charge in [-0.25, -0.2) is 13.1 Å². The summed E-state index contributed by atoms with van der Waals surface area (Å²) < 4.78 is 26.9. The van der Waals surface area contributed by atoms with E-state index in [1.165, 1.54) is 17.4 Å². The van der Waals surface area contributed by atoms with Crippen LogP contribution in [0.15, 0.2) is 16.3 Å². The van der Waals surface area contributed by atoms with Gasteiger partial charge in [0.2, 0.25) is 10.0 Å². The van der Waals surface area contributed by atoms with Crippen LogP contribution in [0.4, 0.5) is 0 Å². The van der Waals surface area contributed by atoms with Gasteiger partial charge < -0.3 is 5.11 Å². The van der Waals surface area contributed by atoms with Crippen LogP contribution in [-0.4, -0.2) is 19.6 Å². The van der Waals surface area contributed by atoms with Crippen molar-refractivity contribution in [2.45, 2.75) is 50.7 Å². The standard InChI is InChI=1S/C11H19NO3S2/c1-3-5-9(4-2)12-17(14,15)11-6-7-16-10(11)8-13/h6-7,9,12-13H,3-5,8H2,1-2H3. The topological polar surface area (TPSA) is 66.4 Å². The zero-order chi connectivity index (χ0) is 12.9. The molecule has 0 fully saturated rings. The van der Waals surface area contributed by atoms with Crippen LogP contribution in [0.1, 0.15) is 38.0 Å². The average molecular weight is 277 g/mol. The van der Waals surface area contributed by atoms with Gasteiger partial charge in [-0.1, -0.05) is 20.3 Å². The SMILES string of the molecule is CCCC(CC)NS(=O)(=O)c1ccsc1CO. The van der Waals surface area contributed by atoms with Crippen LogP contribution in [-0.2, 0) is 16.6 Å². The summed E-state index contributed by atoms with van der Waals surface area (Å²) in [6.07, 6.45) is 2.54. The predicted octanol–water partition coefficient (Wildman–Crippen LogP) is 2.10. The zero-order valence-corrected chi connectivity index (χ0v) is 11.8. The molecular formula is C11H19NO3S2. The molecule has 0 aliphatic rings. The molecule has 0 aliphatic carbocycles. The summed E-state index contributed by atoms with van der Waals surface area (Å²) in [4.78, 5) is 0.698. The predicted molar refractivity (Wildman–Crippen MR) is 69.6 cm³/mol. The highest BCUT2D eigenvalue weighted by Gasteiger charge is 2.22. The van der Waals surface area contributed by atoms with Crippen LogP contribution >= 0.6 is 11.3 Å². The highest BCUT2D eigenvalue weighted by Crippen LogP contribution is 2.22. The molecule has 0 aliphatic heterocycles. The first kappa shape index (κ1) is 14.6. The number of aliphatic hydroxyl groups is 1. The van der Waals surface area contributed by atoms with Crippen molar-refractivity contribution in [1.82, 2.24) is 4.72 Å². The van der Waals surface area contributed by atoms with E-state index < -0.39 is 10.0 Å². The molecule has 1 atom stereocenters. The highest BCUT2D eigenvalue weighted by molar-refractivity contribution is 7.89. The Kier molecular flexibility index (Phi) is 5.58. The largest absolute Gasteiger partial charge is 0.391 e. The van der Waals surface area contributed by atoms with E-state index in [0.717, 1.165) is 19.3 Å². The van der Waals surface area contributed by atoms with Crippen molar-refractivity contribution in [2.75, 3.05) is 0 Å². The normalized spacial score (nSPS) is 13.8. The second-order valence-electron chi connectivity index (χ2n) is 3.88. The number of thiophene rings is 1. The maximum atomic E-state index is 12.1. The van der Waals surface area contributed by atoms with E-state index in [2.05, 4.69) is 4.72 Å². The lowest BCUT2D eigenvalue weighted by Crippen LogP contribution is -2.34. The number of sulfonamides is 1. The molecule has 0 saturated heterocycles. The van der Waals surface area contributed by atoms with Gasteiger partial charge in [-0.3, -0.25) is 0 Å². The van der Waals surface area contributed by atoms with Gasteiger partial charge in [0.15, 0.2) is 0 Å². The van der Waals surface area contributed by atoms with Crippen molar-refractivity contribution in [3.8, 4) is 0 Å². The van der Waals surface area contributed by atoms with Gasteiger partial charge in [0.25, 0.3) is 0 Å². The molecule has 1 rings (SSSR count). The Bertz CT molecular complexity index is 439. The highest BCUT2D eigenvalue weighted by atomic mass is 32.2. The fourth-order valence-corrected chi connectivity index (χ4v) is 4.31. The molecule has 0 aromatic carbocycles. The van der Waals surface area contributed by atoms with Crippen LogP contribution < -0.4 is 4.72 Å². The van der Waals surface area contributed by atoms with Crippen molar-refractivity contribution >= 4 is 21.4 Å². The number of aliphatic hydroxyl groups excluding tert-OH is 1. The molecule has 0 saturated carbocycles. The third-order valence-corrected chi connectivity index (χ3v) is 5.23. The molecule has 98 valence electrons. The van der Waals surface area contributed by atoms with E-state index in [4.69, 9.17) is 5.11 Å². The van der Waals surface area contributed by atoms with E-state index in [1.54, 1.807) is 5.38 Å². The molecule has 1 unspecified atom stereocenters. The number of hydrogen-bond donors (Lipinski definition) is 2. The molecule has 6 heteroatoms. The second kappa shape index (κ2) is 6.49. The Labute approximate surface area is 107 Å². The average Bonchev–Trinajstić information content (AvgIpc) is 2.77. The van der Waals surface area contributed by atoms with Crippen LogP contribution in [0.25, 0.3) is 0 Å². The van der Waals surface area contributed by atoms with Crippen LogP contribution in [0.5, 0.6) is 0 Å². The van der Waals surface area contributed by atoms with Crippen molar-refractivity contribution in [3.05, 3.63) is 16.3 Å². The minimum Gasteiger partial charge on any atom is -0.391 e. The number of rotatable bonds is 7. The van der Waals surface area contributed by atoms with Gasteiger partial charge in [-0.2, -0.15) is 0 Å². The molecule has 1 aromatic rings. The molecule has 0 bridgehead atoms. The van der Waals surface area contributed by atoms with Crippen molar-refractivity contribution in [1.29, 1.82) is 0 Å². The Balaban J connectivity index is 2.88. The van der Waals surface area contributed by atoms with Gasteiger partial charge in [0.1, 0.15) is 0 Å². The van der Waals surface area contributed by atoms with Crippen LogP contribution in [0, 0.1) is 0 Å². The summed E-state index contributed by atoms with van der Waals surface area (Å²) >= 11 is 1.26. The van der Waals surface area contributed by atoms with Crippen molar-refractivity contribution in [3.63, 3.8) is 0 Å². The Morgan fingerprint density at radius 2 is 2.18 bits per heavy atom. The second-order valence-corrected chi connectivity index (χ2v) is 6.56. The molecular weight excluding hydrogens is 258 g/mol. The summed E-state index contributed by atoms with van der Waals surface area (Å²) in [6.45, 7) is 3.75. The van der Waals surface area contributed by atoms with Gasteiger partial charge in [0.05, 0.1) is 11.5 Å². The van der Waals surface area contributed by atoms with Gasteiger partial charge in [-0.15, -0.1) is 11.3 Å². The van der Waals surface area contributed by atoms with E-state index >= 15 is 0 Å². The summed E-state index contributed by atoms with van der Waals surface area (Å²) in [5.41, 5.74) is 0. The Morgan fingerprint density at radius 3 is 2.71 bits per heavy atom. The molecule has 1 heterocycles. The number of nitrogens with one attached hydrogen (secondary N) is 1. The fraction of sp³-hybridized carbons (Fsp3) is 0.636. The minimum atomic E-state index is -3.49. The lowest BCUT2D eigenvalue weighted by atomic mass is 10.1. The van der Waals surface area contributed by atoms with Gasteiger partial charge >= 0.3 is 0 Å². The molecule has 2 N–H and O–H groups in total. The molecule has 17 heavy (non-hydrogen) atoms. The summed E-state index contributed by atoms with van der Waals surface area (Å²) in [7, 11) is -3.49. The van der Waals surface area contributed by atoms with E-state index in [9.17, 15) is 8.42 Å². The van der Waals surface area contributed by atoms with Crippen LogP contribution in [0.3, 0.4) is 0 Å². The Hall–Kier alpha value is -0.430. The zero-order valence-electron chi connectivity index (χ0n) is 10.1. The lowest BCUT2D eigenvalue weighted by molar-refractivity contribution is 0.282. The minimum absolute atomic E-state index is 0.0311. The van der Waals surface area contributed by atoms with Crippen molar-refractivity contribution < 1.29 is 13.5 Å². The van der Waals surface area contributed by atoms with Crippen molar-refractivity contribution in [2.24, 2.45) is 0 Å². The number of hydrogen-bond acceptors (Lipinski definition) is 4. The molecule has 4 nitrogen and oxygen atoms in total. The maximum absolute atomic E-state index is 12.1. The van der Waals surface area contributed by atoms with Gasteiger partial charge in [-0.05, 0) is 24.3 Å². The lowest BCUT2D eigenvalue weighted by Gasteiger charge is -2.16. The summed E-state index contributed by atoms with van der Waals surface area (Å²) in [5.74, 6) is 0. The molecule has 0 amide bonds. The Morgan fingerprint density at radius 1 is 1.47 bits per heavy atom. The molecule has 0 spiro atoms. The van der Waals surface area contributed by atoms with E-state index in [-0.39, 0.29) is 17.5 Å². The van der Waals surface area contributed by atoms with Crippen LogP contribution in [0.2, 0.25) is 0 Å². The fourth-order valence-electron chi connectivity index (χ4n) is 1.66. The van der Waals surface area contributed by atoms with Gasteiger partial charge in [0, 0.05) is 10.9 Å². The molecule has 1 aromatic heterocycles. The first-order valence-electron chi connectivity index (χ1n) is 5.74. The smallest absolute Gasteiger partial charge is 0.242 e. The maximum Gasteiger partial charge on any atom is 0.242 e. The van der Waals surface area contributed by atoms with E-state index in [1.807, 2.05) is 13.8 Å². The summed E-state index contributed by atoms with van der Waals surface area (Å²) in [5, 5.41) is 10.8. The quantitative estimate of drug-likeness (QED) is 0.802. The van der Waals surface area contributed by atoms with E-state index in [0.29, 0.717) is 4.88 Å². The first-order chi connectivity index (χ1) is 8.05.